The van der Waals surface area contributed by atoms with E-state index in [2.05, 4.69) is 5.27 Å². The number of carbonyl (C=O) groups is 2. The number of H-pyrrole nitrogens is 1. The monoisotopic (exact) mass is 483 g/mol. The zero-order valence-electron chi connectivity index (χ0n) is 19.5. The van der Waals surface area contributed by atoms with E-state index in [4.69, 9.17) is 14.0 Å². The highest BCUT2D eigenvalue weighted by atomic mass is 16.5. The molecule has 11 heteroatoms. The largest absolute Gasteiger partial charge is 0.497 e. The number of hydrogen-bond donors (Lipinski definition) is 2. The first-order valence-corrected chi connectivity index (χ1v) is 11.1. The fourth-order valence-corrected chi connectivity index (χ4v) is 3.80. The summed E-state index contributed by atoms with van der Waals surface area (Å²) in [6.45, 7) is -0.524. The molecule has 1 aliphatic carbocycles. The summed E-state index contributed by atoms with van der Waals surface area (Å²) >= 11 is 0. The van der Waals surface area contributed by atoms with Crippen molar-refractivity contribution >= 4 is 17.6 Å². The summed E-state index contributed by atoms with van der Waals surface area (Å²) in [6.07, 6.45) is 1.62. The SMILES string of the molecule is COc1ccc(-[n+]2[nH]oc(=O)c2CN(C(=O)CN(CC(=O)O)c2cccc(OC)c2)C2CC2)cc1. The number of carbonyl (C=O) groups excluding carboxylic acids is 1. The summed E-state index contributed by atoms with van der Waals surface area (Å²) in [7, 11) is 3.08. The number of benzene rings is 2. The van der Waals surface area contributed by atoms with Gasteiger partial charge in [-0.1, -0.05) is 6.07 Å². The topological polar surface area (TPSA) is 129 Å². The predicted molar refractivity (Wildman–Crippen MR) is 124 cm³/mol. The molecule has 1 saturated carbocycles. The van der Waals surface area contributed by atoms with Crippen LogP contribution in [0, 0.1) is 0 Å². The predicted octanol–water partition coefficient (Wildman–Crippen LogP) is 1.34. The lowest BCUT2D eigenvalue weighted by Gasteiger charge is -2.27. The van der Waals surface area contributed by atoms with Crippen LogP contribution in [0.5, 0.6) is 11.5 Å². The van der Waals surface area contributed by atoms with E-state index in [0.717, 1.165) is 12.8 Å². The van der Waals surface area contributed by atoms with E-state index in [-0.39, 0.29) is 37.3 Å². The first-order chi connectivity index (χ1) is 16.9. The summed E-state index contributed by atoms with van der Waals surface area (Å²) in [5, 5.41) is 12.0. The van der Waals surface area contributed by atoms with Crippen LogP contribution in [0.25, 0.3) is 5.69 Å². The first-order valence-electron chi connectivity index (χ1n) is 11.1. The van der Waals surface area contributed by atoms with Crippen LogP contribution in [-0.2, 0) is 16.1 Å². The van der Waals surface area contributed by atoms with Crippen LogP contribution >= 0.6 is 0 Å². The molecular weight excluding hydrogens is 456 g/mol. The van der Waals surface area contributed by atoms with Gasteiger partial charge in [-0.3, -0.25) is 14.1 Å². The van der Waals surface area contributed by atoms with Crippen LogP contribution in [0.2, 0.25) is 0 Å². The lowest BCUT2D eigenvalue weighted by molar-refractivity contribution is -0.678. The lowest BCUT2D eigenvalue weighted by atomic mass is 10.2. The Balaban J connectivity index is 1.58. The van der Waals surface area contributed by atoms with Gasteiger partial charge >= 0.3 is 17.3 Å². The van der Waals surface area contributed by atoms with E-state index >= 15 is 0 Å². The highest BCUT2D eigenvalue weighted by Gasteiger charge is 2.37. The highest BCUT2D eigenvalue weighted by molar-refractivity contribution is 5.84. The van der Waals surface area contributed by atoms with Crippen molar-refractivity contribution in [1.82, 2.24) is 10.2 Å². The smallest absolute Gasteiger partial charge is 0.432 e. The van der Waals surface area contributed by atoms with Crippen molar-refractivity contribution in [1.29, 1.82) is 0 Å². The van der Waals surface area contributed by atoms with Gasteiger partial charge in [-0.2, -0.15) is 0 Å². The van der Waals surface area contributed by atoms with Gasteiger partial charge in [-0.25, -0.2) is 4.79 Å². The summed E-state index contributed by atoms with van der Waals surface area (Å²) in [4.78, 5) is 40.5. The number of aromatic nitrogens is 2. The third-order valence-corrected chi connectivity index (χ3v) is 5.76. The third kappa shape index (κ3) is 5.62. The van der Waals surface area contributed by atoms with Gasteiger partial charge in [0.15, 0.2) is 0 Å². The molecule has 0 atom stereocenters. The van der Waals surface area contributed by atoms with Crippen molar-refractivity contribution in [2.24, 2.45) is 0 Å². The Morgan fingerprint density at radius 1 is 1.09 bits per heavy atom. The minimum Gasteiger partial charge on any atom is -0.497 e. The molecule has 11 nitrogen and oxygen atoms in total. The second kappa shape index (κ2) is 10.3. The molecule has 0 radical (unpaired) electrons. The fourth-order valence-electron chi connectivity index (χ4n) is 3.80. The molecule has 0 aliphatic heterocycles. The number of aromatic amines is 1. The minimum absolute atomic E-state index is 0.0143. The second-order valence-corrected chi connectivity index (χ2v) is 8.17. The molecule has 35 heavy (non-hydrogen) atoms. The number of hydrogen-bond acceptors (Lipinski definition) is 7. The fraction of sp³-hybridized carbons (Fsp3) is 0.333. The number of anilines is 1. The maximum absolute atomic E-state index is 13.4. The third-order valence-electron chi connectivity index (χ3n) is 5.76. The summed E-state index contributed by atoms with van der Waals surface area (Å²) in [5.41, 5.74) is 0.847. The van der Waals surface area contributed by atoms with Crippen LogP contribution in [0.4, 0.5) is 5.69 Å². The molecule has 1 heterocycles. The molecule has 1 amide bonds. The molecule has 0 spiro atoms. The van der Waals surface area contributed by atoms with Crippen LogP contribution < -0.4 is 24.7 Å². The van der Waals surface area contributed by atoms with Crippen molar-refractivity contribution in [3.8, 4) is 17.2 Å². The van der Waals surface area contributed by atoms with Crippen LogP contribution in [0.15, 0.2) is 57.8 Å². The van der Waals surface area contributed by atoms with Crippen molar-refractivity contribution in [3.05, 3.63) is 64.6 Å². The summed E-state index contributed by atoms with van der Waals surface area (Å²) < 4.78 is 16.9. The highest BCUT2D eigenvalue weighted by Crippen LogP contribution is 2.29. The zero-order valence-corrected chi connectivity index (χ0v) is 19.5. The van der Waals surface area contributed by atoms with E-state index in [9.17, 15) is 19.5 Å². The number of amides is 1. The molecule has 0 saturated heterocycles. The first kappa shape index (κ1) is 23.9. The van der Waals surface area contributed by atoms with E-state index in [1.165, 1.54) is 16.7 Å². The number of methoxy groups -OCH3 is 2. The van der Waals surface area contributed by atoms with Crippen molar-refractivity contribution in [2.75, 3.05) is 32.2 Å². The van der Waals surface area contributed by atoms with E-state index in [1.807, 2.05) is 0 Å². The van der Waals surface area contributed by atoms with Gasteiger partial charge in [0.05, 0.1) is 20.8 Å². The van der Waals surface area contributed by atoms with E-state index in [1.54, 1.807) is 60.5 Å². The number of nitrogens with one attached hydrogen (secondary N) is 1. The van der Waals surface area contributed by atoms with Gasteiger partial charge in [0.25, 0.3) is 0 Å². The van der Waals surface area contributed by atoms with E-state index in [0.29, 0.717) is 22.9 Å². The maximum Gasteiger partial charge on any atom is 0.432 e. The number of aliphatic carboxylic acids is 1. The van der Waals surface area contributed by atoms with Gasteiger partial charge in [-0.05, 0) is 47.1 Å². The zero-order chi connectivity index (χ0) is 24.9. The van der Waals surface area contributed by atoms with Crippen molar-refractivity contribution in [2.45, 2.75) is 25.4 Å². The van der Waals surface area contributed by atoms with Gasteiger partial charge in [0.2, 0.25) is 11.6 Å². The molecule has 0 bridgehead atoms. The van der Waals surface area contributed by atoms with Crippen molar-refractivity contribution in [3.63, 3.8) is 0 Å². The van der Waals surface area contributed by atoms with E-state index < -0.39 is 11.6 Å². The molecule has 2 aromatic carbocycles. The van der Waals surface area contributed by atoms with Crippen LogP contribution in [0.3, 0.4) is 0 Å². The average Bonchev–Trinajstić information content (AvgIpc) is 3.64. The second-order valence-electron chi connectivity index (χ2n) is 8.17. The van der Waals surface area contributed by atoms with Gasteiger partial charge in [-0.15, -0.1) is 0 Å². The summed E-state index contributed by atoms with van der Waals surface area (Å²) in [6, 6.07) is 13.9. The van der Waals surface area contributed by atoms with Gasteiger partial charge < -0.3 is 24.4 Å². The molecule has 0 unspecified atom stereocenters. The molecule has 1 fully saturated rings. The Morgan fingerprint density at radius 3 is 2.43 bits per heavy atom. The standard InChI is InChI=1S/C24H26N4O7/c1-33-19-10-8-17(9-11-19)28-21(24(32)35-25-28)13-27(16-6-7-16)22(29)14-26(15-23(30)31)18-4-3-5-20(12-18)34-2/h3-5,8-12,16H,6-7,13-15H2,1-2H3,(H-,25,30,31,32)/p+1. The Hall–Kier alpha value is -4.28. The number of carboxylic acids is 1. The molecule has 4 rings (SSSR count). The molecular formula is C24H27N4O7+. The molecule has 184 valence electrons. The number of carboxylic acid groups (broad SMARTS) is 1. The van der Waals surface area contributed by atoms with Gasteiger partial charge in [0.1, 0.15) is 24.6 Å². The summed E-state index contributed by atoms with van der Waals surface area (Å²) in [5.74, 6) is -0.150. The Morgan fingerprint density at radius 2 is 1.80 bits per heavy atom. The Bertz CT molecular complexity index is 1250. The number of ether oxygens (including phenoxy) is 2. The van der Waals surface area contributed by atoms with Gasteiger partial charge in [0, 0.05) is 29.9 Å². The Kier molecular flexibility index (Phi) is 7.04. The number of rotatable bonds is 11. The molecule has 1 aromatic heterocycles. The van der Waals surface area contributed by atoms with Crippen LogP contribution in [-0.4, -0.2) is 60.5 Å². The normalized spacial score (nSPS) is 12.7. The molecule has 2 N–H and O–H groups in total. The molecule has 1 aliphatic rings. The maximum atomic E-state index is 13.4. The lowest BCUT2D eigenvalue weighted by Crippen LogP contribution is -2.47. The quantitative estimate of drug-likeness (QED) is 0.391. The number of nitrogens with zero attached hydrogens (tertiary/aromatic N) is 3. The average molecular weight is 484 g/mol. The van der Waals surface area contributed by atoms with Crippen molar-refractivity contribution < 1.29 is 33.4 Å². The minimum atomic E-state index is -1.07. The Labute approximate surface area is 201 Å². The van der Waals surface area contributed by atoms with Crippen LogP contribution in [0.1, 0.15) is 18.5 Å². The molecule has 3 aromatic rings.